The van der Waals surface area contributed by atoms with Crippen LogP contribution in [0.5, 0.6) is 0 Å². The standard InChI is InChI=1S/C17H21N5O2/c1-21-14(5-6-19-21)15-11-22(7-8-24-15)17(23)20-16-9-12-3-2-4-13(12)10-18-16/h5-6,9-10,15H,2-4,7-8,11H2,1H3,(H,18,20,23). The summed E-state index contributed by atoms with van der Waals surface area (Å²) in [6.07, 6.45) is 6.81. The van der Waals surface area contributed by atoms with Gasteiger partial charge < -0.3 is 9.64 Å². The van der Waals surface area contributed by atoms with Gasteiger partial charge in [-0.15, -0.1) is 0 Å². The number of hydrogen-bond donors (Lipinski definition) is 1. The second-order valence-electron chi connectivity index (χ2n) is 6.31. The Balaban J connectivity index is 1.43. The minimum atomic E-state index is -0.148. The molecule has 7 nitrogen and oxygen atoms in total. The first-order chi connectivity index (χ1) is 11.7. The number of rotatable bonds is 2. The van der Waals surface area contributed by atoms with E-state index in [1.54, 1.807) is 15.8 Å². The number of carbonyl (C=O) groups is 1. The Morgan fingerprint density at radius 1 is 1.38 bits per heavy atom. The van der Waals surface area contributed by atoms with Crippen molar-refractivity contribution in [3.63, 3.8) is 0 Å². The largest absolute Gasteiger partial charge is 0.368 e. The monoisotopic (exact) mass is 327 g/mol. The molecule has 24 heavy (non-hydrogen) atoms. The molecule has 1 atom stereocenters. The zero-order valence-electron chi connectivity index (χ0n) is 13.7. The van der Waals surface area contributed by atoms with Crippen LogP contribution in [0, 0.1) is 0 Å². The number of hydrogen-bond acceptors (Lipinski definition) is 4. The van der Waals surface area contributed by atoms with Gasteiger partial charge in [-0.3, -0.25) is 10.00 Å². The molecule has 1 fully saturated rings. The zero-order valence-corrected chi connectivity index (χ0v) is 13.7. The highest BCUT2D eigenvalue weighted by atomic mass is 16.5. The van der Waals surface area contributed by atoms with E-state index in [4.69, 9.17) is 4.74 Å². The Hall–Kier alpha value is -2.41. The molecule has 7 heteroatoms. The molecule has 1 aliphatic heterocycles. The van der Waals surface area contributed by atoms with Crippen LogP contribution in [0.1, 0.15) is 29.3 Å². The third-order valence-electron chi connectivity index (χ3n) is 4.75. The summed E-state index contributed by atoms with van der Waals surface area (Å²) >= 11 is 0. The van der Waals surface area contributed by atoms with Crippen molar-refractivity contribution < 1.29 is 9.53 Å². The molecule has 1 unspecified atom stereocenters. The summed E-state index contributed by atoms with van der Waals surface area (Å²) in [6, 6.07) is 3.80. The first-order valence-electron chi connectivity index (χ1n) is 8.34. The van der Waals surface area contributed by atoms with Crippen LogP contribution in [-0.4, -0.2) is 45.4 Å². The molecule has 2 aromatic rings. The highest BCUT2D eigenvalue weighted by molar-refractivity contribution is 5.88. The van der Waals surface area contributed by atoms with Crippen molar-refractivity contribution in [1.82, 2.24) is 19.7 Å². The lowest BCUT2D eigenvalue weighted by molar-refractivity contribution is -0.0175. The summed E-state index contributed by atoms with van der Waals surface area (Å²) in [5.74, 6) is 0.629. The van der Waals surface area contributed by atoms with E-state index in [0.29, 0.717) is 25.5 Å². The van der Waals surface area contributed by atoms with E-state index in [-0.39, 0.29) is 12.1 Å². The van der Waals surface area contributed by atoms with Crippen LogP contribution in [0.3, 0.4) is 0 Å². The molecule has 0 spiro atoms. The first-order valence-corrected chi connectivity index (χ1v) is 8.34. The Labute approximate surface area is 140 Å². The summed E-state index contributed by atoms with van der Waals surface area (Å²) in [6.45, 7) is 1.60. The fourth-order valence-electron chi connectivity index (χ4n) is 3.42. The van der Waals surface area contributed by atoms with Crippen LogP contribution in [0.4, 0.5) is 10.6 Å². The van der Waals surface area contributed by atoms with E-state index in [1.807, 2.05) is 25.4 Å². The Kier molecular flexibility index (Phi) is 3.93. The van der Waals surface area contributed by atoms with Gasteiger partial charge in [-0.05, 0) is 42.5 Å². The number of urea groups is 1. The van der Waals surface area contributed by atoms with Gasteiger partial charge in [0.1, 0.15) is 11.9 Å². The van der Waals surface area contributed by atoms with Gasteiger partial charge in [-0.1, -0.05) is 0 Å². The number of aryl methyl sites for hydroxylation is 3. The molecule has 3 heterocycles. The minimum absolute atomic E-state index is 0.129. The maximum Gasteiger partial charge on any atom is 0.323 e. The Morgan fingerprint density at radius 3 is 3.08 bits per heavy atom. The predicted octanol–water partition coefficient (Wildman–Crippen LogP) is 1.91. The third kappa shape index (κ3) is 2.87. The van der Waals surface area contributed by atoms with Gasteiger partial charge in [0.15, 0.2) is 0 Å². The van der Waals surface area contributed by atoms with Crippen LogP contribution in [0.2, 0.25) is 0 Å². The molecule has 0 radical (unpaired) electrons. The van der Waals surface area contributed by atoms with E-state index in [0.717, 1.165) is 18.5 Å². The van der Waals surface area contributed by atoms with Crippen LogP contribution < -0.4 is 5.32 Å². The second kappa shape index (κ2) is 6.24. The smallest absolute Gasteiger partial charge is 0.323 e. The fourth-order valence-corrected chi connectivity index (χ4v) is 3.42. The van der Waals surface area contributed by atoms with Gasteiger partial charge in [-0.25, -0.2) is 9.78 Å². The number of amides is 2. The van der Waals surface area contributed by atoms with Crippen molar-refractivity contribution in [3.8, 4) is 0 Å². The summed E-state index contributed by atoms with van der Waals surface area (Å²) in [4.78, 5) is 18.7. The van der Waals surface area contributed by atoms with Gasteiger partial charge in [-0.2, -0.15) is 5.10 Å². The van der Waals surface area contributed by atoms with Crippen molar-refractivity contribution in [1.29, 1.82) is 0 Å². The average molecular weight is 327 g/mol. The van der Waals surface area contributed by atoms with Crippen molar-refractivity contribution in [2.75, 3.05) is 25.0 Å². The lowest BCUT2D eigenvalue weighted by Gasteiger charge is -2.32. The number of ether oxygens (including phenoxy) is 1. The van der Waals surface area contributed by atoms with E-state index < -0.39 is 0 Å². The highest BCUT2D eigenvalue weighted by Crippen LogP contribution is 2.24. The second-order valence-corrected chi connectivity index (χ2v) is 6.31. The third-order valence-corrected chi connectivity index (χ3v) is 4.75. The molecule has 2 amide bonds. The Bertz CT molecular complexity index is 757. The van der Waals surface area contributed by atoms with E-state index in [1.165, 1.54) is 17.5 Å². The number of aromatic nitrogens is 3. The minimum Gasteiger partial charge on any atom is -0.368 e. The van der Waals surface area contributed by atoms with E-state index in [2.05, 4.69) is 15.4 Å². The number of anilines is 1. The molecule has 0 saturated carbocycles. The zero-order chi connectivity index (χ0) is 16.5. The number of carbonyl (C=O) groups excluding carboxylic acids is 1. The molecule has 1 aliphatic carbocycles. The summed E-state index contributed by atoms with van der Waals surface area (Å²) in [5.41, 5.74) is 3.58. The van der Waals surface area contributed by atoms with Crippen LogP contribution >= 0.6 is 0 Å². The number of morpholine rings is 1. The molecule has 1 saturated heterocycles. The fraction of sp³-hybridized carbons (Fsp3) is 0.471. The van der Waals surface area contributed by atoms with Crippen LogP contribution in [0.15, 0.2) is 24.5 Å². The predicted molar refractivity (Wildman–Crippen MR) is 88.8 cm³/mol. The van der Waals surface area contributed by atoms with Crippen LogP contribution in [0.25, 0.3) is 0 Å². The number of nitrogens with zero attached hydrogens (tertiary/aromatic N) is 4. The van der Waals surface area contributed by atoms with E-state index in [9.17, 15) is 4.79 Å². The van der Waals surface area contributed by atoms with Crippen molar-refractivity contribution in [3.05, 3.63) is 41.3 Å². The van der Waals surface area contributed by atoms with Crippen molar-refractivity contribution >= 4 is 11.8 Å². The summed E-state index contributed by atoms with van der Waals surface area (Å²) in [7, 11) is 1.88. The molecular formula is C17H21N5O2. The summed E-state index contributed by atoms with van der Waals surface area (Å²) in [5, 5.41) is 7.09. The molecule has 4 rings (SSSR count). The number of nitrogens with one attached hydrogen (secondary N) is 1. The maximum absolute atomic E-state index is 12.6. The van der Waals surface area contributed by atoms with Crippen molar-refractivity contribution in [2.45, 2.75) is 25.4 Å². The molecule has 1 N–H and O–H groups in total. The quantitative estimate of drug-likeness (QED) is 0.914. The maximum atomic E-state index is 12.6. The molecule has 0 aromatic carbocycles. The molecular weight excluding hydrogens is 306 g/mol. The number of fused-ring (bicyclic) bond motifs is 1. The average Bonchev–Trinajstić information content (AvgIpc) is 3.23. The van der Waals surface area contributed by atoms with Crippen LogP contribution in [-0.2, 0) is 24.6 Å². The first kappa shape index (κ1) is 15.1. The van der Waals surface area contributed by atoms with Gasteiger partial charge >= 0.3 is 6.03 Å². The summed E-state index contributed by atoms with van der Waals surface area (Å²) < 4.78 is 7.58. The van der Waals surface area contributed by atoms with Crippen molar-refractivity contribution in [2.24, 2.45) is 7.05 Å². The van der Waals surface area contributed by atoms with Gasteiger partial charge in [0.05, 0.1) is 18.8 Å². The Morgan fingerprint density at radius 2 is 2.25 bits per heavy atom. The highest BCUT2D eigenvalue weighted by Gasteiger charge is 2.27. The lowest BCUT2D eigenvalue weighted by atomic mass is 10.2. The normalized spacial score (nSPS) is 20.0. The van der Waals surface area contributed by atoms with Gasteiger partial charge in [0.25, 0.3) is 0 Å². The molecule has 2 aromatic heterocycles. The van der Waals surface area contributed by atoms with Gasteiger partial charge in [0, 0.05) is 26.0 Å². The number of pyridine rings is 1. The molecule has 0 bridgehead atoms. The molecule has 126 valence electrons. The molecule has 2 aliphatic rings. The van der Waals surface area contributed by atoms with E-state index >= 15 is 0 Å². The SMILES string of the molecule is Cn1nccc1C1CN(C(=O)Nc2cc3c(cn2)CCC3)CCO1. The topological polar surface area (TPSA) is 72.3 Å². The van der Waals surface area contributed by atoms with Gasteiger partial charge in [0.2, 0.25) is 0 Å². The lowest BCUT2D eigenvalue weighted by Crippen LogP contribution is -2.44.